The average molecular weight is 206 g/mol. The molecule has 1 aliphatic heterocycles. The second kappa shape index (κ2) is 4.00. The van der Waals surface area contributed by atoms with Gasteiger partial charge in [0.1, 0.15) is 0 Å². The number of benzene rings is 1. The molecule has 3 N–H and O–H groups in total. The molecule has 1 aromatic carbocycles. The van der Waals surface area contributed by atoms with E-state index in [1.807, 2.05) is 24.3 Å². The zero-order valence-electron chi connectivity index (χ0n) is 8.39. The van der Waals surface area contributed by atoms with Crippen molar-refractivity contribution in [2.45, 2.75) is 12.5 Å². The lowest BCUT2D eigenvalue weighted by Gasteiger charge is -2.20. The van der Waals surface area contributed by atoms with Crippen LogP contribution in [0.4, 0.5) is 5.69 Å². The molecular weight excluding hydrogens is 192 g/mol. The van der Waals surface area contributed by atoms with Crippen molar-refractivity contribution in [3.05, 3.63) is 29.8 Å². The highest BCUT2D eigenvalue weighted by Crippen LogP contribution is 2.28. The van der Waals surface area contributed by atoms with Gasteiger partial charge in [0, 0.05) is 18.3 Å². The van der Waals surface area contributed by atoms with Crippen LogP contribution in [0.1, 0.15) is 5.56 Å². The van der Waals surface area contributed by atoms with Crippen LogP contribution in [0.15, 0.2) is 24.3 Å². The summed E-state index contributed by atoms with van der Waals surface area (Å²) in [5, 5.41) is 8.87. The van der Waals surface area contributed by atoms with E-state index < -0.39 is 0 Å². The van der Waals surface area contributed by atoms with Crippen LogP contribution in [0.25, 0.3) is 0 Å². The molecule has 0 saturated carbocycles. The number of rotatable bonds is 3. The van der Waals surface area contributed by atoms with Crippen molar-refractivity contribution in [2.75, 3.05) is 18.1 Å². The molecule has 2 rings (SSSR count). The first-order valence-corrected chi connectivity index (χ1v) is 4.97. The number of carbonyl (C=O) groups excluding carboxylic acids is 1. The van der Waals surface area contributed by atoms with Gasteiger partial charge < -0.3 is 15.7 Å². The van der Waals surface area contributed by atoms with Gasteiger partial charge in [-0.3, -0.25) is 4.79 Å². The van der Waals surface area contributed by atoms with Crippen LogP contribution in [0.3, 0.4) is 0 Å². The normalized spacial score (nSPS) is 16.7. The fraction of sp³-hybridized carbons (Fsp3) is 0.364. The highest BCUT2D eigenvalue weighted by Gasteiger charge is 2.27. The van der Waals surface area contributed by atoms with Crippen LogP contribution in [-0.4, -0.2) is 30.2 Å². The maximum Gasteiger partial charge on any atom is 0.231 e. The van der Waals surface area contributed by atoms with Crippen molar-refractivity contribution in [3.8, 4) is 0 Å². The van der Waals surface area contributed by atoms with E-state index in [2.05, 4.69) is 0 Å². The fourth-order valence-electron chi connectivity index (χ4n) is 1.81. The number of para-hydroxylation sites is 1. The highest BCUT2D eigenvalue weighted by atomic mass is 16.3. The Kier molecular flexibility index (Phi) is 2.70. The first-order chi connectivity index (χ1) is 7.22. The fourth-order valence-corrected chi connectivity index (χ4v) is 1.81. The third-order valence-corrected chi connectivity index (χ3v) is 2.58. The number of hydrogen-bond donors (Lipinski definition) is 2. The number of hydrogen-bond acceptors (Lipinski definition) is 3. The van der Waals surface area contributed by atoms with E-state index in [1.165, 1.54) is 0 Å². The van der Waals surface area contributed by atoms with Gasteiger partial charge >= 0.3 is 0 Å². The van der Waals surface area contributed by atoms with E-state index in [1.54, 1.807) is 4.90 Å². The minimum Gasteiger partial charge on any atom is -0.395 e. The summed E-state index contributed by atoms with van der Waals surface area (Å²) in [6.07, 6.45) is 0.439. The quantitative estimate of drug-likeness (QED) is 0.725. The summed E-state index contributed by atoms with van der Waals surface area (Å²) in [7, 11) is 0. The largest absolute Gasteiger partial charge is 0.395 e. The van der Waals surface area contributed by atoms with Crippen molar-refractivity contribution < 1.29 is 9.90 Å². The lowest BCUT2D eigenvalue weighted by Crippen LogP contribution is -2.41. The van der Waals surface area contributed by atoms with Gasteiger partial charge in [-0.1, -0.05) is 18.2 Å². The molecule has 0 radical (unpaired) electrons. The summed E-state index contributed by atoms with van der Waals surface area (Å²) in [5.41, 5.74) is 7.59. The molecule has 0 fully saturated rings. The first-order valence-electron chi connectivity index (χ1n) is 4.97. The predicted molar refractivity (Wildman–Crippen MR) is 57.6 cm³/mol. The standard InChI is InChI=1S/C11H14N2O2/c12-9(7-14)6-13-10-4-2-1-3-8(10)5-11(13)15/h1-4,9,14H,5-7,12H2. The van der Waals surface area contributed by atoms with Gasteiger partial charge in [0.15, 0.2) is 0 Å². The first kappa shape index (κ1) is 10.1. The Labute approximate surface area is 88.3 Å². The van der Waals surface area contributed by atoms with E-state index in [0.717, 1.165) is 11.3 Å². The molecule has 1 unspecified atom stereocenters. The zero-order valence-corrected chi connectivity index (χ0v) is 8.39. The van der Waals surface area contributed by atoms with Crippen molar-refractivity contribution >= 4 is 11.6 Å². The Balaban J connectivity index is 2.22. The van der Waals surface area contributed by atoms with E-state index in [0.29, 0.717) is 13.0 Å². The van der Waals surface area contributed by atoms with Gasteiger partial charge in [0.05, 0.1) is 13.0 Å². The van der Waals surface area contributed by atoms with E-state index in [4.69, 9.17) is 10.8 Å². The second-order valence-corrected chi connectivity index (χ2v) is 3.75. The predicted octanol–water partition coefficient (Wildman–Crippen LogP) is -0.105. The monoisotopic (exact) mass is 206 g/mol. The topological polar surface area (TPSA) is 66.6 Å². The van der Waals surface area contributed by atoms with Gasteiger partial charge in [-0.2, -0.15) is 0 Å². The summed E-state index contributed by atoms with van der Waals surface area (Å²) >= 11 is 0. The number of amides is 1. The van der Waals surface area contributed by atoms with Crippen LogP contribution >= 0.6 is 0 Å². The Morgan fingerprint density at radius 1 is 1.47 bits per heavy atom. The van der Waals surface area contributed by atoms with E-state index in [9.17, 15) is 4.79 Å². The summed E-state index contributed by atoms with van der Waals surface area (Å²) in [6.45, 7) is 0.276. The summed E-state index contributed by atoms with van der Waals surface area (Å²) < 4.78 is 0. The van der Waals surface area contributed by atoms with Crippen LogP contribution in [-0.2, 0) is 11.2 Å². The minimum absolute atomic E-state index is 0.0556. The Morgan fingerprint density at radius 2 is 2.20 bits per heavy atom. The molecule has 0 spiro atoms. The molecule has 1 aliphatic rings. The van der Waals surface area contributed by atoms with Gasteiger partial charge in [-0.05, 0) is 11.6 Å². The summed E-state index contributed by atoms with van der Waals surface area (Å²) in [4.78, 5) is 13.3. The third kappa shape index (κ3) is 1.86. The van der Waals surface area contributed by atoms with Crippen molar-refractivity contribution in [1.29, 1.82) is 0 Å². The van der Waals surface area contributed by atoms with Gasteiger partial charge in [0.25, 0.3) is 0 Å². The number of carbonyl (C=O) groups is 1. The molecular formula is C11H14N2O2. The molecule has 1 atom stereocenters. The molecule has 1 amide bonds. The van der Waals surface area contributed by atoms with Crippen LogP contribution in [0.2, 0.25) is 0 Å². The van der Waals surface area contributed by atoms with E-state index in [-0.39, 0.29) is 18.6 Å². The average Bonchev–Trinajstić information content (AvgIpc) is 2.55. The van der Waals surface area contributed by atoms with Crippen molar-refractivity contribution in [1.82, 2.24) is 0 Å². The molecule has 0 bridgehead atoms. The number of nitrogens with zero attached hydrogens (tertiary/aromatic N) is 1. The molecule has 15 heavy (non-hydrogen) atoms. The summed E-state index contributed by atoms with van der Waals surface area (Å²) in [5.74, 6) is 0.0556. The van der Waals surface area contributed by atoms with Crippen molar-refractivity contribution in [2.24, 2.45) is 5.73 Å². The van der Waals surface area contributed by atoms with Crippen LogP contribution < -0.4 is 10.6 Å². The number of aliphatic hydroxyl groups is 1. The second-order valence-electron chi connectivity index (χ2n) is 3.75. The lowest BCUT2D eigenvalue weighted by molar-refractivity contribution is -0.117. The van der Waals surface area contributed by atoms with Crippen molar-refractivity contribution in [3.63, 3.8) is 0 Å². The molecule has 80 valence electrons. The lowest BCUT2D eigenvalue weighted by atomic mass is 10.2. The Bertz CT molecular complexity index is 379. The number of nitrogens with two attached hydrogens (primary N) is 1. The number of fused-ring (bicyclic) bond motifs is 1. The Morgan fingerprint density at radius 3 is 2.93 bits per heavy atom. The summed E-state index contributed by atoms with van der Waals surface area (Å²) in [6, 6.07) is 7.29. The van der Waals surface area contributed by atoms with Gasteiger partial charge in [-0.25, -0.2) is 0 Å². The maximum absolute atomic E-state index is 11.7. The van der Waals surface area contributed by atoms with Crippen LogP contribution in [0, 0.1) is 0 Å². The molecule has 0 aromatic heterocycles. The number of aliphatic hydroxyl groups excluding tert-OH is 1. The number of anilines is 1. The molecule has 4 heteroatoms. The zero-order chi connectivity index (χ0) is 10.8. The maximum atomic E-state index is 11.7. The third-order valence-electron chi connectivity index (χ3n) is 2.58. The smallest absolute Gasteiger partial charge is 0.231 e. The molecule has 4 nitrogen and oxygen atoms in total. The molecule has 0 aliphatic carbocycles. The molecule has 1 aromatic rings. The minimum atomic E-state index is -0.375. The van der Waals surface area contributed by atoms with Gasteiger partial charge in [0.2, 0.25) is 5.91 Å². The van der Waals surface area contributed by atoms with Crippen LogP contribution in [0.5, 0.6) is 0 Å². The molecule has 1 heterocycles. The van der Waals surface area contributed by atoms with E-state index >= 15 is 0 Å². The highest BCUT2D eigenvalue weighted by molar-refractivity contribution is 6.01. The van der Waals surface area contributed by atoms with Gasteiger partial charge in [-0.15, -0.1) is 0 Å². The Hall–Kier alpha value is -1.39. The molecule has 0 saturated heterocycles. The SMILES string of the molecule is NC(CO)CN1C(=O)Cc2ccccc21.